The highest BCUT2D eigenvalue weighted by atomic mass is 16.6. The molecular formula is C21H24N2O4. The first kappa shape index (κ1) is 18.8. The van der Waals surface area contributed by atoms with Gasteiger partial charge in [0.2, 0.25) is 0 Å². The number of benzene rings is 2. The van der Waals surface area contributed by atoms with Gasteiger partial charge >= 0.3 is 6.09 Å². The second kappa shape index (κ2) is 9.07. The summed E-state index contributed by atoms with van der Waals surface area (Å²) in [6.07, 6.45) is -0.315. The number of carbonyl (C=O) groups excluding carboxylic acids is 2. The van der Waals surface area contributed by atoms with Gasteiger partial charge in [-0.1, -0.05) is 30.3 Å². The molecule has 0 bridgehead atoms. The first-order valence-electron chi connectivity index (χ1n) is 9.15. The monoisotopic (exact) mass is 368 g/mol. The Kier molecular flexibility index (Phi) is 6.30. The Labute approximate surface area is 159 Å². The standard InChI is InChI=1S/C21H24N2O4/c1-2-26-21(25)23-14-12-22(13-15-23)20(24)18-8-10-19(11-9-18)27-16-17-6-4-3-5-7-17/h3-11H,2,12-16H2,1H3. The van der Waals surface area contributed by atoms with Gasteiger partial charge in [0.25, 0.3) is 5.91 Å². The highest BCUT2D eigenvalue weighted by Gasteiger charge is 2.25. The van der Waals surface area contributed by atoms with Gasteiger partial charge in [-0.25, -0.2) is 4.79 Å². The van der Waals surface area contributed by atoms with Crippen LogP contribution in [0.1, 0.15) is 22.8 Å². The maximum atomic E-state index is 12.6. The summed E-state index contributed by atoms with van der Waals surface area (Å²) in [5.74, 6) is 0.690. The van der Waals surface area contributed by atoms with E-state index in [1.807, 2.05) is 42.5 Å². The van der Waals surface area contributed by atoms with Gasteiger partial charge in [-0.15, -0.1) is 0 Å². The Morgan fingerprint density at radius 1 is 0.889 bits per heavy atom. The van der Waals surface area contributed by atoms with Crippen LogP contribution in [0.3, 0.4) is 0 Å². The minimum atomic E-state index is -0.315. The van der Waals surface area contributed by atoms with Crippen LogP contribution in [-0.4, -0.2) is 54.6 Å². The van der Waals surface area contributed by atoms with E-state index < -0.39 is 0 Å². The number of nitrogens with zero attached hydrogens (tertiary/aromatic N) is 2. The van der Waals surface area contributed by atoms with Gasteiger partial charge in [0, 0.05) is 31.7 Å². The number of ether oxygens (including phenoxy) is 2. The van der Waals surface area contributed by atoms with E-state index in [4.69, 9.17) is 9.47 Å². The van der Waals surface area contributed by atoms with E-state index in [0.717, 1.165) is 11.3 Å². The van der Waals surface area contributed by atoms with Crippen molar-refractivity contribution in [2.45, 2.75) is 13.5 Å². The second-order valence-corrected chi connectivity index (χ2v) is 6.28. The molecule has 0 aromatic heterocycles. The number of hydrogen-bond donors (Lipinski definition) is 0. The topological polar surface area (TPSA) is 59.1 Å². The largest absolute Gasteiger partial charge is 0.489 e. The SMILES string of the molecule is CCOC(=O)N1CCN(C(=O)c2ccc(OCc3ccccc3)cc2)CC1. The lowest BCUT2D eigenvalue weighted by Gasteiger charge is -2.34. The van der Waals surface area contributed by atoms with Crippen LogP contribution in [0.5, 0.6) is 5.75 Å². The maximum Gasteiger partial charge on any atom is 0.409 e. The number of piperazine rings is 1. The molecule has 1 aliphatic heterocycles. The average molecular weight is 368 g/mol. The molecule has 0 radical (unpaired) electrons. The molecule has 0 unspecified atom stereocenters. The second-order valence-electron chi connectivity index (χ2n) is 6.28. The van der Waals surface area contributed by atoms with E-state index in [0.29, 0.717) is 45.0 Å². The predicted molar refractivity (Wildman–Crippen MR) is 102 cm³/mol. The quantitative estimate of drug-likeness (QED) is 0.813. The lowest BCUT2D eigenvalue weighted by molar-refractivity contribution is 0.0570. The molecule has 27 heavy (non-hydrogen) atoms. The Morgan fingerprint density at radius 3 is 2.15 bits per heavy atom. The maximum absolute atomic E-state index is 12.6. The third-order valence-electron chi connectivity index (χ3n) is 4.44. The molecule has 6 heteroatoms. The first-order chi connectivity index (χ1) is 13.2. The van der Waals surface area contributed by atoms with Crippen LogP contribution in [0.25, 0.3) is 0 Å². The molecular weight excluding hydrogens is 344 g/mol. The molecule has 0 atom stereocenters. The fourth-order valence-corrected chi connectivity index (χ4v) is 2.92. The van der Waals surface area contributed by atoms with Crippen LogP contribution < -0.4 is 4.74 Å². The van der Waals surface area contributed by atoms with Gasteiger partial charge in [-0.2, -0.15) is 0 Å². The van der Waals surface area contributed by atoms with Crippen molar-refractivity contribution in [3.8, 4) is 5.75 Å². The van der Waals surface area contributed by atoms with Crippen molar-refractivity contribution in [2.24, 2.45) is 0 Å². The first-order valence-corrected chi connectivity index (χ1v) is 9.15. The van der Waals surface area contributed by atoms with E-state index in [1.165, 1.54) is 0 Å². The Balaban J connectivity index is 1.51. The summed E-state index contributed by atoms with van der Waals surface area (Å²) in [6.45, 7) is 4.62. The molecule has 0 aliphatic carbocycles. The highest BCUT2D eigenvalue weighted by Crippen LogP contribution is 2.16. The Morgan fingerprint density at radius 2 is 1.52 bits per heavy atom. The zero-order chi connectivity index (χ0) is 19.1. The minimum Gasteiger partial charge on any atom is -0.489 e. The lowest BCUT2D eigenvalue weighted by atomic mass is 10.1. The van der Waals surface area contributed by atoms with Gasteiger partial charge in [-0.05, 0) is 36.8 Å². The normalized spacial score (nSPS) is 14.0. The van der Waals surface area contributed by atoms with Crippen molar-refractivity contribution >= 4 is 12.0 Å². The molecule has 0 N–H and O–H groups in total. The van der Waals surface area contributed by atoms with Gasteiger partial charge in [0.15, 0.2) is 0 Å². The molecule has 2 amide bonds. The van der Waals surface area contributed by atoms with Crippen LogP contribution in [0.4, 0.5) is 4.79 Å². The molecule has 6 nitrogen and oxygen atoms in total. The number of carbonyl (C=O) groups is 2. The van der Waals surface area contributed by atoms with Crippen molar-refractivity contribution in [2.75, 3.05) is 32.8 Å². The van der Waals surface area contributed by atoms with Crippen molar-refractivity contribution in [1.82, 2.24) is 9.80 Å². The molecule has 2 aromatic rings. The third-order valence-corrected chi connectivity index (χ3v) is 4.44. The van der Waals surface area contributed by atoms with Crippen LogP contribution in [0.2, 0.25) is 0 Å². The average Bonchev–Trinajstić information content (AvgIpc) is 2.73. The molecule has 1 fully saturated rings. The van der Waals surface area contributed by atoms with E-state index in [9.17, 15) is 9.59 Å². The molecule has 1 heterocycles. The molecule has 3 rings (SSSR count). The minimum absolute atomic E-state index is 0.0341. The fraction of sp³-hybridized carbons (Fsp3) is 0.333. The van der Waals surface area contributed by atoms with Crippen molar-refractivity contribution in [3.05, 3.63) is 65.7 Å². The number of rotatable bonds is 5. The summed E-state index contributed by atoms with van der Waals surface area (Å²) < 4.78 is 10.8. The van der Waals surface area contributed by atoms with E-state index >= 15 is 0 Å². The molecule has 0 saturated carbocycles. The van der Waals surface area contributed by atoms with Gasteiger partial charge < -0.3 is 19.3 Å². The molecule has 0 spiro atoms. The smallest absolute Gasteiger partial charge is 0.409 e. The fourth-order valence-electron chi connectivity index (χ4n) is 2.92. The third kappa shape index (κ3) is 5.00. The zero-order valence-electron chi connectivity index (χ0n) is 15.5. The summed E-state index contributed by atoms with van der Waals surface area (Å²) in [5.41, 5.74) is 1.71. The Hall–Kier alpha value is -3.02. The van der Waals surface area contributed by atoms with Gasteiger partial charge in [0.1, 0.15) is 12.4 Å². The van der Waals surface area contributed by atoms with Gasteiger partial charge in [0.05, 0.1) is 6.61 Å². The molecule has 1 aliphatic rings. The summed E-state index contributed by atoms with van der Waals surface area (Å²) in [6, 6.07) is 17.1. The van der Waals surface area contributed by atoms with Crippen LogP contribution in [0, 0.1) is 0 Å². The Bertz CT molecular complexity index is 754. The summed E-state index contributed by atoms with van der Waals surface area (Å²) in [4.78, 5) is 27.8. The van der Waals surface area contributed by atoms with Crippen molar-refractivity contribution in [3.63, 3.8) is 0 Å². The van der Waals surface area contributed by atoms with Crippen LogP contribution in [-0.2, 0) is 11.3 Å². The van der Waals surface area contributed by atoms with Gasteiger partial charge in [-0.3, -0.25) is 4.79 Å². The highest BCUT2D eigenvalue weighted by molar-refractivity contribution is 5.94. The molecule has 2 aromatic carbocycles. The van der Waals surface area contributed by atoms with Crippen LogP contribution >= 0.6 is 0 Å². The lowest BCUT2D eigenvalue weighted by Crippen LogP contribution is -2.50. The van der Waals surface area contributed by atoms with Crippen molar-refractivity contribution in [1.29, 1.82) is 0 Å². The molecule has 142 valence electrons. The summed E-state index contributed by atoms with van der Waals surface area (Å²) >= 11 is 0. The van der Waals surface area contributed by atoms with E-state index in [2.05, 4.69) is 0 Å². The van der Waals surface area contributed by atoms with E-state index in [-0.39, 0.29) is 12.0 Å². The van der Waals surface area contributed by atoms with E-state index in [1.54, 1.807) is 28.9 Å². The predicted octanol–water partition coefficient (Wildman–Crippen LogP) is 3.18. The summed E-state index contributed by atoms with van der Waals surface area (Å²) in [7, 11) is 0. The van der Waals surface area contributed by atoms with Crippen molar-refractivity contribution < 1.29 is 19.1 Å². The summed E-state index contributed by atoms with van der Waals surface area (Å²) in [5, 5.41) is 0. The zero-order valence-corrected chi connectivity index (χ0v) is 15.5. The van der Waals surface area contributed by atoms with Crippen LogP contribution in [0.15, 0.2) is 54.6 Å². The number of hydrogen-bond acceptors (Lipinski definition) is 4. The molecule has 1 saturated heterocycles. The number of amides is 2.